The van der Waals surface area contributed by atoms with E-state index >= 15 is 0 Å². The molecule has 185 valence electrons. The lowest BCUT2D eigenvalue weighted by molar-refractivity contribution is 0.358. The van der Waals surface area contributed by atoms with Crippen LogP contribution in [0.15, 0.2) is 28.8 Å². The minimum Gasteiger partial charge on any atom is -0.341 e. The molecule has 0 aliphatic heterocycles. The quantitative estimate of drug-likeness (QED) is 0.177. The van der Waals surface area contributed by atoms with Gasteiger partial charge in [-0.1, -0.05) is 134 Å². The maximum absolute atomic E-state index is 5.48. The lowest BCUT2D eigenvalue weighted by Gasteiger charge is -2.05. The highest BCUT2D eigenvalue weighted by atomic mass is 16.5. The highest BCUT2D eigenvalue weighted by Gasteiger charge is 2.12. The van der Waals surface area contributed by atoms with Crippen LogP contribution < -0.4 is 0 Å². The zero-order valence-electron chi connectivity index (χ0n) is 21.6. The van der Waals surface area contributed by atoms with Gasteiger partial charge in [0, 0.05) is 17.3 Å². The second-order valence-electron chi connectivity index (χ2n) is 9.70. The number of hydrogen-bond donors (Lipinski definition) is 0. The van der Waals surface area contributed by atoms with Crippen molar-refractivity contribution in [3.8, 4) is 11.3 Å². The fraction of sp³-hybridized carbons (Fsp3) is 0.700. The van der Waals surface area contributed by atoms with E-state index in [1.807, 2.05) is 0 Å². The molecule has 0 aliphatic carbocycles. The molecule has 0 aliphatic rings. The van der Waals surface area contributed by atoms with Gasteiger partial charge >= 0.3 is 0 Å². The molecule has 0 atom stereocenters. The molecule has 33 heavy (non-hydrogen) atoms. The molecule has 0 saturated carbocycles. The minimum absolute atomic E-state index is 0.931. The topological polar surface area (TPSA) is 38.9 Å². The van der Waals surface area contributed by atoms with Gasteiger partial charge in [-0.05, 0) is 31.2 Å². The van der Waals surface area contributed by atoms with Crippen molar-refractivity contribution in [3.63, 3.8) is 0 Å². The fourth-order valence-electron chi connectivity index (χ4n) is 4.48. The Morgan fingerprint density at radius 1 is 0.636 bits per heavy atom. The largest absolute Gasteiger partial charge is 0.341 e. The SMILES string of the molecule is CCCC[CH]CCCCCCCc1ccc(-c2nnoc2CCCCCCCCCC)cc1. The molecule has 3 nitrogen and oxygen atoms in total. The van der Waals surface area contributed by atoms with E-state index in [9.17, 15) is 0 Å². The third-order valence-electron chi connectivity index (χ3n) is 6.68. The van der Waals surface area contributed by atoms with E-state index in [1.165, 1.54) is 115 Å². The first kappa shape index (κ1) is 27.6. The predicted molar refractivity (Wildman–Crippen MR) is 141 cm³/mol. The zero-order chi connectivity index (χ0) is 23.4. The molecule has 0 fully saturated rings. The average molecular weight is 454 g/mol. The van der Waals surface area contributed by atoms with Crippen LogP contribution in [0.25, 0.3) is 11.3 Å². The number of hydrogen-bond acceptors (Lipinski definition) is 3. The number of unbranched alkanes of at least 4 members (excludes halogenated alkanes) is 16. The Balaban J connectivity index is 1.59. The summed E-state index contributed by atoms with van der Waals surface area (Å²) in [7, 11) is 0. The highest BCUT2D eigenvalue weighted by Crippen LogP contribution is 2.24. The second kappa shape index (κ2) is 18.7. The van der Waals surface area contributed by atoms with Gasteiger partial charge in [0.1, 0.15) is 5.69 Å². The summed E-state index contributed by atoms with van der Waals surface area (Å²) in [5.74, 6) is 0.945. The van der Waals surface area contributed by atoms with Crippen molar-refractivity contribution in [2.24, 2.45) is 0 Å². The van der Waals surface area contributed by atoms with E-state index < -0.39 is 0 Å². The van der Waals surface area contributed by atoms with Crippen LogP contribution in [-0.4, -0.2) is 10.4 Å². The van der Waals surface area contributed by atoms with Gasteiger partial charge in [-0.15, -0.1) is 5.10 Å². The number of benzene rings is 1. The summed E-state index contributed by atoms with van der Waals surface area (Å²) in [5.41, 5.74) is 3.49. The molecule has 2 aromatic rings. The van der Waals surface area contributed by atoms with Crippen molar-refractivity contribution in [1.82, 2.24) is 10.4 Å². The molecule has 0 spiro atoms. The molecule has 2 rings (SSSR count). The van der Waals surface area contributed by atoms with Gasteiger partial charge in [0.25, 0.3) is 0 Å². The Labute approximate surface area is 204 Å². The van der Waals surface area contributed by atoms with E-state index in [2.05, 4.69) is 54.9 Å². The molecular formula is C30H49N2O. The molecule has 0 bridgehead atoms. The van der Waals surface area contributed by atoms with E-state index in [1.54, 1.807) is 0 Å². The third kappa shape index (κ3) is 12.4. The molecule has 0 amide bonds. The molecule has 1 aromatic heterocycles. The van der Waals surface area contributed by atoms with Gasteiger partial charge in [0.05, 0.1) is 0 Å². The van der Waals surface area contributed by atoms with Gasteiger partial charge < -0.3 is 4.52 Å². The minimum atomic E-state index is 0.931. The standard InChI is InChI=1S/C30H49N2O/c1-3-5-7-9-11-13-14-15-17-19-21-27-23-25-28(26-24-27)30-29(33-32-31-30)22-20-18-16-12-10-8-6-4-2/h9,23-26H,3-8,10-22H2,1-2H3. The smallest absolute Gasteiger partial charge is 0.165 e. The van der Waals surface area contributed by atoms with Crippen molar-refractivity contribution in [2.45, 2.75) is 136 Å². The Bertz CT molecular complexity index is 692. The van der Waals surface area contributed by atoms with Crippen molar-refractivity contribution < 1.29 is 4.52 Å². The Morgan fingerprint density at radius 3 is 1.91 bits per heavy atom. The first-order chi connectivity index (χ1) is 16.3. The van der Waals surface area contributed by atoms with Crippen molar-refractivity contribution in [3.05, 3.63) is 42.0 Å². The maximum Gasteiger partial charge on any atom is 0.165 e. The third-order valence-corrected chi connectivity index (χ3v) is 6.68. The highest BCUT2D eigenvalue weighted by molar-refractivity contribution is 5.60. The monoisotopic (exact) mass is 453 g/mol. The summed E-state index contributed by atoms with van der Waals surface area (Å²) in [6, 6.07) is 8.90. The Hall–Kier alpha value is -1.64. The van der Waals surface area contributed by atoms with Crippen molar-refractivity contribution in [1.29, 1.82) is 0 Å². The molecule has 1 heterocycles. The van der Waals surface area contributed by atoms with E-state index in [0.717, 1.165) is 29.9 Å². The predicted octanol–water partition coefficient (Wildman–Crippen LogP) is 9.70. The van der Waals surface area contributed by atoms with Crippen molar-refractivity contribution in [2.75, 3.05) is 0 Å². The van der Waals surface area contributed by atoms with Crippen LogP contribution >= 0.6 is 0 Å². The molecule has 0 saturated heterocycles. The maximum atomic E-state index is 5.48. The number of aromatic nitrogens is 2. The van der Waals surface area contributed by atoms with E-state index in [-0.39, 0.29) is 0 Å². The molecule has 3 heteroatoms. The summed E-state index contributed by atoms with van der Waals surface area (Å²) in [4.78, 5) is 0. The fourth-order valence-corrected chi connectivity index (χ4v) is 4.48. The summed E-state index contributed by atoms with van der Waals surface area (Å²) >= 11 is 0. The molecular weight excluding hydrogens is 404 g/mol. The van der Waals surface area contributed by atoms with Crippen LogP contribution in [0.2, 0.25) is 0 Å². The number of nitrogens with zero attached hydrogens (tertiary/aromatic N) is 2. The first-order valence-corrected chi connectivity index (χ1v) is 14.1. The lowest BCUT2D eigenvalue weighted by atomic mass is 10.0. The molecule has 0 unspecified atom stereocenters. The van der Waals surface area contributed by atoms with Crippen LogP contribution in [0.1, 0.15) is 134 Å². The molecule has 0 N–H and O–H groups in total. The molecule has 1 radical (unpaired) electrons. The summed E-state index contributed by atoms with van der Waals surface area (Å²) in [5, 5.41) is 8.12. The van der Waals surface area contributed by atoms with Gasteiger partial charge in [-0.3, -0.25) is 0 Å². The van der Waals surface area contributed by atoms with Crippen molar-refractivity contribution >= 4 is 0 Å². The second-order valence-corrected chi connectivity index (χ2v) is 9.70. The number of rotatable bonds is 21. The Morgan fingerprint density at radius 2 is 1.21 bits per heavy atom. The summed E-state index contributed by atoms with van der Waals surface area (Å²) < 4.78 is 5.48. The van der Waals surface area contributed by atoms with Crippen LogP contribution in [0.4, 0.5) is 0 Å². The van der Waals surface area contributed by atoms with Gasteiger partial charge in [0.2, 0.25) is 0 Å². The zero-order valence-corrected chi connectivity index (χ0v) is 21.6. The number of aryl methyl sites for hydroxylation is 2. The van der Waals surface area contributed by atoms with E-state index in [4.69, 9.17) is 4.52 Å². The normalized spacial score (nSPS) is 11.3. The van der Waals surface area contributed by atoms with E-state index in [0.29, 0.717) is 0 Å². The van der Waals surface area contributed by atoms with Crippen LogP contribution in [0.5, 0.6) is 0 Å². The summed E-state index contributed by atoms with van der Waals surface area (Å²) in [6.07, 6.45) is 27.2. The molecule has 1 aromatic carbocycles. The first-order valence-electron chi connectivity index (χ1n) is 14.1. The van der Waals surface area contributed by atoms with Gasteiger partial charge in [-0.2, -0.15) is 0 Å². The van der Waals surface area contributed by atoms with Gasteiger partial charge in [-0.25, -0.2) is 0 Å². The van der Waals surface area contributed by atoms with Gasteiger partial charge in [0.15, 0.2) is 5.76 Å². The van der Waals surface area contributed by atoms with Crippen LogP contribution in [-0.2, 0) is 12.8 Å². The van der Waals surface area contributed by atoms with Crippen LogP contribution in [0, 0.1) is 6.42 Å². The average Bonchev–Trinajstić information content (AvgIpc) is 3.31. The van der Waals surface area contributed by atoms with Crippen LogP contribution in [0.3, 0.4) is 0 Å². The Kier molecular flexibility index (Phi) is 15.7. The summed E-state index contributed by atoms with van der Waals surface area (Å²) in [6.45, 7) is 4.54. The lowest BCUT2D eigenvalue weighted by Crippen LogP contribution is -1.90.